The van der Waals surface area contributed by atoms with Gasteiger partial charge in [0, 0.05) is 5.56 Å². The largest absolute Gasteiger partial charge is 0.504 e. The van der Waals surface area contributed by atoms with Gasteiger partial charge in [-0.3, -0.25) is 4.79 Å². The van der Waals surface area contributed by atoms with Crippen LogP contribution in [0.25, 0.3) is 6.08 Å². The van der Waals surface area contributed by atoms with E-state index in [1.54, 1.807) is 24.3 Å². The van der Waals surface area contributed by atoms with Crippen molar-refractivity contribution in [2.45, 2.75) is 19.8 Å². The Labute approximate surface area is 130 Å². The molecule has 0 aliphatic carbocycles. The topological polar surface area (TPSA) is 46.5 Å². The average Bonchev–Trinajstić information content (AvgIpc) is 2.52. The Morgan fingerprint density at radius 2 is 1.82 bits per heavy atom. The summed E-state index contributed by atoms with van der Waals surface area (Å²) in [6.45, 7) is 4.24. The van der Waals surface area contributed by atoms with E-state index < -0.39 is 0 Å². The minimum atomic E-state index is -0.0642. The Morgan fingerprint density at radius 1 is 1.14 bits per heavy atom. The first-order valence-electron chi connectivity index (χ1n) is 7.20. The van der Waals surface area contributed by atoms with Gasteiger partial charge in [0.05, 0.1) is 7.11 Å². The van der Waals surface area contributed by atoms with Crippen molar-refractivity contribution >= 4 is 11.9 Å². The highest BCUT2D eigenvalue weighted by atomic mass is 16.5. The van der Waals surface area contributed by atoms with Crippen molar-refractivity contribution < 1.29 is 14.6 Å². The lowest BCUT2D eigenvalue weighted by Gasteiger charge is -2.05. The van der Waals surface area contributed by atoms with Crippen LogP contribution in [0.4, 0.5) is 0 Å². The zero-order chi connectivity index (χ0) is 16.1. The van der Waals surface area contributed by atoms with Crippen LogP contribution < -0.4 is 4.74 Å². The number of hydrogen-bond donors (Lipinski definition) is 1. The lowest BCUT2D eigenvalue weighted by atomic mass is 10.0. The summed E-state index contributed by atoms with van der Waals surface area (Å²) in [7, 11) is 1.49. The molecule has 0 atom stereocenters. The summed E-state index contributed by atoms with van der Waals surface area (Å²) < 4.78 is 4.98. The third-order valence-electron chi connectivity index (χ3n) is 3.49. The molecule has 0 aromatic heterocycles. The predicted octanol–water partition coefficient (Wildman–Crippen LogP) is 4.42. The molecule has 0 aliphatic rings. The number of carbonyl (C=O) groups excluding carboxylic acids is 1. The first-order chi connectivity index (χ1) is 10.5. The number of benzene rings is 2. The molecule has 1 N–H and O–H groups in total. The Bertz CT molecular complexity index is 682. The molecule has 0 unspecified atom stereocenters. The van der Waals surface area contributed by atoms with E-state index >= 15 is 0 Å². The van der Waals surface area contributed by atoms with Gasteiger partial charge in [-0.1, -0.05) is 50.3 Å². The Morgan fingerprint density at radius 3 is 2.36 bits per heavy atom. The SMILES string of the molecule is COc1ccc(/C=C/C(=O)c2ccc(C(C)C)cc2)cc1O. The van der Waals surface area contributed by atoms with Gasteiger partial charge >= 0.3 is 0 Å². The van der Waals surface area contributed by atoms with Crippen LogP contribution in [-0.2, 0) is 0 Å². The second-order valence-corrected chi connectivity index (χ2v) is 5.41. The van der Waals surface area contributed by atoms with Gasteiger partial charge in [0.15, 0.2) is 17.3 Å². The van der Waals surface area contributed by atoms with E-state index in [4.69, 9.17) is 4.74 Å². The number of carbonyl (C=O) groups is 1. The molecular formula is C19H20O3. The fraction of sp³-hybridized carbons (Fsp3) is 0.211. The summed E-state index contributed by atoms with van der Waals surface area (Å²) in [5.74, 6) is 0.846. The highest BCUT2D eigenvalue weighted by molar-refractivity contribution is 6.06. The molecule has 0 bridgehead atoms. The molecule has 0 radical (unpaired) electrons. The number of rotatable bonds is 5. The summed E-state index contributed by atoms with van der Waals surface area (Å²) in [6.07, 6.45) is 3.18. The monoisotopic (exact) mass is 296 g/mol. The van der Waals surface area contributed by atoms with Crippen LogP contribution in [0.15, 0.2) is 48.5 Å². The molecule has 2 aromatic rings. The van der Waals surface area contributed by atoms with Gasteiger partial charge < -0.3 is 9.84 Å². The highest BCUT2D eigenvalue weighted by Gasteiger charge is 2.04. The minimum absolute atomic E-state index is 0.0541. The summed E-state index contributed by atoms with van der Waals surface area (Å²) in [5, 5.41) is 9.71. The van der Waals surface area contributed by atoms with Crippen molar-refractivity contribution in [3.05, 3.63) is 65.2 Å². The van der Waals surface area contributed by atoms with Crippen LogP contribution in [-0.4, -0.2) is 18.0 Å². The van der Waals surface area contributed by atoms with Crippen molar-refractivity contribution in [3.8, 4) is 11.5 Å². The van der Waals surface area contributed by atoms with Gasteiger partial charge in [0.2, 0.25) is 0 Å². The van der Waals surface area contributed by atoms with Crippen molar-refractivity contribution in [1.29, 1.82) is 0 Å². The summed E-state index contributed by atoms with van der Waals surface area (Å²) in [6, 6.07) is 12.6. The van der Waals surface area contributed by atoms with Gasteiger partial charge in [-0.05, 0) is 35.3 Å². The molecule has 22 heavy (non-hydrogen) atoms. The van der Waals surface area contributed by atoms with Crippen LogP contribution in [0.1, 0.15) is 41.3 Å². The lowest BCUT2D eigenvalue weighted by molar-refractivity contribution is 0.104. The Hall–Kier alpha value is -2.55. The van der Waals surface area contributed by atoms with Crippen LogP contribution in [0.3, 0.4) is 0 Å². The molecule has 2 aromatic carbocycles. The number of ether oxygens (including phenoxy) is 1. The van der Waals surface area contributed by atoms with E-state index in [2.05, 4.69) is 13.8 Å². The van der Waals surface area contributed by atoms with E-state index in [0.717, 1.165) is 5.56 Å². The van der Waals surface area contributed by atoms with Crippen molar-refractivity contribution in [2.24, 2.45) is 0 Å². The van der Waals surface area contributed by atoms with Gasteiger partial charge in [-0.2, -0.15) is 0 Å². The van der Waals surface area contributed by atoms with Crippen LogP contribution >= 0.6 is 0 Å². The maximum Gasteiger partial charge on any atom is 0.185 e. The number of aromatic hydroxyl groups is 1. The number of hydrogen-bond acceptors (Lipinski definition) is 3. The zero-order valence-electron chi connectivity index (χ0n) is 13.0. The first kappa shape index (κ1) is 15.8. The normalized spacial score (nSPS) is 11.1. The number of ketones is 1. The Balaban J connectivity index is 2.12. The second kappa shape index (κ2) is 6.94. The van der Waals surface area contributed by atoms with Gasteiger partial charge in [-0.25, -0.2) is 0 Å². The zero-order valence-corrected chi connectivity index (χ0v) is 13.0. The third kappa shape index (κ3) is 3.76. The van der Waals surface area contributed by atoms with Gasteiger partial charge in [-0.15, -0.1) is 0 Å². The molecule has 2 rings (SSSR count). The van der Waals surface area contributed by atoms with E-state index in [0.29, 0.717) is 17.2 Å². The van der Waals surface area contributed by atoms with Gasteiger partial charge in [0.1, 0.15) is 0 Å². The number of allylic oxidation sites excluding steroid dienone is 1. The summed E-state index contributed by atoms with van der Waals surface area (Å²) in [5.41, 5.74) is 2.60. The fourth-order valence-corrected chi connectivity index (χ4v) is 2.11. The van der Waals surface area contributed by atoms with Crippen LogP contribution in [0, 0.1) is 0 Å². The van der Waals surface area contributed by atoms with Crippen LogP contribution in [0.5, 0.6) is 11.5 Å². The molecule has 3 nitrogen and oxygen atoms in total. The van der Waals surface area contributed by atoms with Gasteiger partial charge in [0.25, 0.3) is 0 Å². The second-order valence-electron chi connectivity index (χ2n) is 5.41. The average molecular weight is 296 g/mol. The van der Waals surface area contributed by atoms with Crippen LogP contribution in [0.2, 0.25) is 0 Å². The molecule has 0 saturated heterocycles. The minimum Gasteiger partial charge on any atom is -0.504 e. The smallest absolute Gasteiger partial charge is 0.185 e. The summed E-state index contributed by atoms with van der Waals surface area (Å²) in [4.78, 5) is 12.1. The molecule has 0 amide bonds. The number of phenolic OH excluding ortho intramolecular Hbond substituents is 1. The molecule has 0 aliphatic heterocycles. The standard InChI is InChI=1S/C19H20O3/c1-13(2)15-6-8-16(9-7-15)17(20)10-4-14-5-11-19(22-3)18(21)12-14/h4-13,21H,1-3H3/b10-4+. The molecule has 0 fully saturated rings. The van der Waals surface area contributed by atoms with E-state index in [1.807, 2.05) is 24.3 Å². The van der Waals surface area contributed by atoms with E-state index in [1.165, 1.54) is 18.7 Å². The quantitative estimate of drug-likeness (QED) is 0.656. The molecule has 3 heteroatoms. The van der Waals surface area contributed by atoms with Crippen molar-refractivity contribution in [3.63, 3.8) is 0 Å². The number of phenols is 1. The van der Waals surface area contributed by atoms with Crippen molar-refractivity contribution in [1.82, 2.24) is 0 Å². The van der Waals surface area contributed by atoms with Crippen molar-refractivity contribution in [2.75, 3.05) is 7.11 Å². The molecule has 0 heterocycles. The Kier molecular flexibility index (Phi) is 4.99. The molecule has 0 spiro atoms. The lowest BCUT2D eigenvalue weighted by Crippen LogP contribution is -1.95. The van der Waals surface area contributed by atoms with E-state index in [9.17, 15) is 9.90 Å². The maximum atomic E-state index is 12.1. The molecular weight excluding hydrogens is 276 g/mol. The third-order valence-corrected chi connectivity index (χ3v) is 3.49. The number of methoxy groups -OCH3 is 1. The fourth-order valence-electron chi connectivity index (χ4n) is 2.11. The molecule has 114 valence electrons. The van der Waals surface area contributed by atoms with E-state index in [-0.39, 0.29) is 11.5 Å². The maximum absolute atomic E-state index is 12.1. The molecule has 0 saturated carbocycles. The highest BCUT2D eigenvalue weighted by Crippen LogP contribution is 2.26. The summed E-state index contributed by atoms with van der Waals surface area (Å²) >= 11 is 0. The first-order valence-corrected chi connectivity index (χ1v) is 7.20. The predicted molar refractivity (Wildman–Crippen MR) is 88.6 cm³/mol.